The molecule has 3 aromatic heterocycles. The first-order valence-corrected chi connectivity index (χ1v) is 21.8. The number of nitrogens with one attached hydrogen (secondary N) is 1. The van der Waals surface area contributed by atoms with Crippen LogP contribution in [0.1, 0.15) is 51.3 Å². The molecule has 1 aliphatic heterocycles. The maximum absolute atomic E-state index is 6.53. The van der Waals surface area contributed by atoms with Crippen molar-refractivity contribution in [1.82, 2.24) is 4.57 Å². The van der Waals surface area contributed by atoms with Gasteiger partial charge in [-0.15, -0.1) is 11.3 Å². The number of aromatic nitrogens is 1. The van der Waals surface area contributed by atoms with E-state index in [0.717, 1.165) is 38.9 Å². The molecule has 0 spiro atoms. The highest BCUT2D eigenvalue weighted by molar-refractivity contribution is 7.26. The van der Waals surface area contributed by atoms with Crippen LogP contribution in [-0.2, 0) is 10.8 Å². The zero-order valence-corrected chi connectivity index (χ0v) is 35.0. The molecule has 0 amide bonds. The lowest BCUT2D eigenvalue weighted by Crippen LogP contribution is -2.37. The Kier molecular flexibility index (Phi) is 6.75. The predicted octanol–water partition coefficient (Wildman–Crippen LogP) is 14.0. The maximum atomic E-state index is 6.53. The first-order valence-electron chi connectivity index (χ1n) is 21.0. The minimum atomic E-state index is -0.0995. The molecular formula is C55H40BN2OS. The van der Waals surface area contributed by atoms with Crippen LogP contribution in [-0.4, -0.2) is 11.8 Å². The molecule has 13 rings (SSSR count). The average molecular weight is 788 g/mol. The molecule has 0 atom stereocenters. The van der Waals surface area contributed by atoms with Crippen LogP contribution in [0.2, 0.25) is 0 Å². The SMILES string of the molecule is CC(C)(C)c1ccc(Nc2cc3oc4ccccc4c3cc2-c2ccc3c4c5c(ccc4n4c3c2[B]c2cc3sc6ccccc6c3cc2-4)C(C)(C)c2ccccc2-5)cc1. The molecule has 1 N–H and O–H groups in total. The van der Waals surface area contributed by atoms with Crippen LogP contribution in [0.15, 0.2) is 150 Å². The number of rotatable bonds is 3. The van der Waals surface area contributed by atoms with Gasteiger partial charge in [-0.3, -0.25) is 0 Å². The Hall–Kier alpha value is -6.56. The van der Waals surface area contributed by atoms with Gasteiger partial charge in [-0.25, -0.2) is 0 Å². The van der Waals surface area contributed by atoms with Gasteiger partial charge in [-0.2, -0.15) is 0 Å². The van der Waals surface area contributed by atoms with E-state index in [0.29, 0.717) is 0 Å². The van der Waals surface area contributed by atoms with E-state index in [1.165, 1.54) is 92.0 Å². The van der Waals surface area contributed by atoms with Crippen LogP contribution in [0.25, 0.3) is 91.9 Å². The summed E-state index contributed by atoms with van der Waals surface area (Å²) >= 11 is 1.88. The fourth-order valence-electron chi connectivity index (χ4n) is 10.6. The smallest absolute Gasteiger partial charge is 0.197 e. The third kappa shape index (κ3) is 4.61. The van der Waals surface area contributed by atoms with Crippen molar-refractivity contribution in [2.24, 2.45) is 0 Å². The zero-order valence-electron chi connectivity index (χ0n) is 34.2. The Morgan fingerprint density at radius 1 is 0.617 bits per heavy atom. The van der Waals surface area contributed by atoms with Gasteiger partial charge in [-0.1, -0.05) is 131 Å². The van der Waals surface area contributed by atoms with E-state index in [1.54, 1.807) is 0 Å². The second-order valence-corrected chi connectivity index (χ2v) is 19.5. The van der Waals surface area contributed by atoms with E-state index in [1.807, 2.05) is 11.3 Å². The maximum Gasteiger partial charge on any atom is 0.197 e. The third-order valence-corrected chi connectivity index (χ3v) is 14.7. The number of hydrogen-bond acceptors (Lipinski definition) is 3. The van der Waals surface area contributed by atoms with Crippen molar-refractivity contribution in [2.75, 3.05) is 5.32 Å². The van der Waals surface area contributed by atoms with Crippen LogP contribution in [0.5, 0.6) is 0 Å². The van der Waals surface area contributed by atoms with E-state index in [2.05, 4.69) is 197 Å². The highest BCUT2D eigenvalue weighted by atomic mass is 32.1. The summed E-state index contributed by atoms with van der Waals surface area (Å²) in [5.41, 5.74) is 19.1. The molecule has 0 bridgehead atoms. The standard InChI is InChI=1S/C55H40BN2OS/c1-54(2,3)30-18-20-31(21-19-30)57-43-29-47-38(32-12-7-10-16-46(32)59-47)26-37(43)34-22-23-36-51-44(25-24-41-50(51)35-14-6-9-15-40(35)55(41,4)5)58-45-27-39-33-13-8-11-17-48(33)60-49(39)28-42(45)56-52(34)53(36)58/h6-29,57H,1-5H3. The molecule has 60 heavy (non-hydrogen) atoms. The Balaban J connectivity index is 1.13. The number of nitrogens with zero attached hydrogens (tertiary/aromatic N) is 1. The normalized spacial score (nSPS) is 14.0. The van der Waals surface area contributed by atoms with Gasteiger partial charge < -0.3 is 14.3 Å². The molecule has 11 aromatic rings. The van der Waals surface area contributed by atoms with Crippen LogP contribution in [0.4, 0.5) is 11.4 Å². The summed E-state index contributed by atoms with van der Waals surface area (Å²) in [6, 6.07) is 54.2. The molecule has 3 nitrogen and oxygen atoms in total. The quantitative estimate of drug-likeness (QED) is 0.181. The van der Waals surface area contributed by atoms with E-state index < -0.39 is 0 Å². The highest BCUT2D eigenvalue weighted by Gasteiger charge is 2.38. The molecule has 2 aliphatic rings. The number of benzene rings is 8. The van der Waals surface area contributed by atoms with Gasteiger partial charge in [0.2, 0.25) is 0 Å². The van der Waals surface area contributed by atoms with Crippen molar-refractivity contribution in [1.29, 1.82) is 0 Å². The number of para-hydroxylation sites is 1. The predicted molar refractivity (Wildman–Crippen MR) is 257 cm³/mol. The molecule has 8 aromatic carbocycles. The Morgan fingerprint density at radius 2 is 1.40 bits per heavy atom. The lowest BCUT2D eigenvalue weighted by Gasteiger charge is -2.24. The van der Waals surface area contributed by atoms with E-state index in [9.17, 15) is 0 Å². The van der Waals surface area contributed by atoms with Gasteiger partial charge in [0.25, 0.3) is 0 Å². The van der Waals surface area contributed by atoms with Crippen LogP contribution in [0, 0.1) is 0 Å². The molecule has 5 heteroatoms. The number of hydrogen-bond donors (Lipinski definition) is 1. The zero-order chi connectivity index (χ0) is 40.2. The second kappa shape index (κ2) is 11.8. The van der Waals surface area contributed by atoms with Gasteiger partial charge in [0, 0.05) is 75.7 Å². The van der Waals surface area contributed by atoms with Crippen molar-refractivity contribution in [2.45, 2.75) is 45.4 Å². The van der Waals surface area contributed by atoms with Crippen molar-refractivity contribution in [3.05, 3.63) is 162 Å². The van der Waals surface area contributed by atoms with Gasteiger partial charge in [0.15, 0.2) is 7.28 Å². The minimum absolute atomic E-state index is 0.0684. The van der Waals surface area contributed by atoms with Crippen LogP contribution < -0.4 is 16.2 Å². The highest BCUT2D eigenvalue weighted by Crippen LogP contribution is 2.54. The monoisotopic (exact) mass is 787 g/mol. The summed E-state index contributed by atoms with van der Waals surface area (Å²) in [5, 5.41) is 11.4. The number of thiophene rings is 1. The average Bonchev–Trinajstić information content (AvgIpc) is 3.97. The lowest BCUT2D eigenvalue weighted by atomic mass is 9.59. The van der Waals surface area contributed by atoms with Crippen molar-refractivity contribution < 1.29 is 4.42 Å². The first-order chi connectivity index (χ1) is 29.1. The molecule has 0 unspecified atom stereocenters. The first kappa shape index (κ1) is 34.3. The summed E-state index contributed by atoms with van der Waals surface area (Å²) in [6.45, 7) is 11.6. The summed E-state index contributed by atoms with van der Waals surface area (Å²) < 4.78 is 11.7. The molecule has 0 saturated heterocycles. The van der Waals surface area contributed by atoms with Crippen molar-refractivity contribution in [3.8, 4) is 27.9 Å². The van der Waals surface area contributed by atoms with Crippen LogP contribution >= 0.6 is 11.3 Å². The Morgan fingerprint density at radius 3 is 2.25 bits per heavy atom. The summed E-state index contributed by atoms with van der Waals surface area (Å²) in [7, 11) is 2.47. The fraction of sp³-hybridized carbons (Fsp3) is 0.127. The number of furan rings is 1. The fourth-order valence-corrected chi connectivity index (χ4v) is 11.7. The summed E-state index contributed by atoms with van der Waals surface area (Å²) in [4.78, 5) is 0. The molecule has 285 valence electrons. The minimum Gasteiger partial charge on any atom is -0.456 e. The van der Waals surface area contributed by atoms with Crippen molar-refractivity contribution >= 4 is 105 Å². The van der Waals surface area contributed by atoms with Gasteiger partial charge in [-0.05, 0) is 92.8 Å². The molecule has 1 radical (unpaired) electrons. The number of fused-ring (bicyclic) bond motifs is 15. The molecule has 0 fully saturated rings. The van der Waals surface area contributed by atoms with Gasteiger partial charge in [0.1, 0.15) is 11.2 Å². The van der Waals surface area contributed by atoms with Crippen LogP contribution in [0.3, 0.4) is 0 Å². The second-order valence-electron chi connectivity index (χ2n) is 18.4. The lowest BCUT2D eigenvalue weighted by molar-refractivity contribution is 0.590. The van der Waals surface area contributed by atoms with E-state index >= 15 is 0 Å². The molecule has 1 aliphatic carbocycles. The number of anilines is 2. The summed E-state index contributed by atoms with van der Waals surface area (Å²) in [5.74, 6) is 0. The Bertz CT molecular complexity index is 3670. The Labute approximate surface area is 353 Å². The molecular weight excluding hydrogens is 747 g/mol. The third-order valence-electron chi connectivity index (χ3n) is 13.6. The largest absolute Gasteiger partial charge is 0.456 e. The topological polar surface area (TPSA) is 30.1 Å². The van der Waals surface area contributed by atoms with Gasteiger partial charge in [0.05, 0.1) is 11.2 Å². The molecule has 0 saturated carbocycles. The van der Waals surface area contributed by atoms with Gasteiger partial charge >= 0.3 is 0 Å². The van der Waals surface area contributed by atoms with E-state index in [4.69, 9.17) is 4.42 Å². The van der Waals surface area contributed by atoms with E-state index in [-0.39, 0.29) is 10.8 Å². The molecule has 4 heterocycles. The van der Waals surface area contributed by atoms with Crippen molar-refractivity contribution in [3.63, 3.8) is 0 Å². The summed E-state index contributed by atoms with van der Waals surface area (Å²) in [6.07, 6.45) is 0.